The van der Waals surface area contributed by atoms with Crippen LogP contribution in [-0.2, 0) is 17.8 Å². The van der Waals surface area contributed by atoms with E-state index in [0.717, 1.165) is 70.0 Å². The van der Waals surface area contributed by atoms with Crippen molar-refractivity contribution in [3.63, 3.8) is 0 Å². The van der Waals surface area contributed by atoms with Crippen LogP contribution < -0.4 is 0 Å². The maximum atomic E-state index is 12.4. The van der Waals surface area contributed by atoms with Crippen LogP contribution in [0, 0.1) is 5.92 Å². The highest BCUT2D eigenvalue weighted by molar-refractivity contribution is 5.76. The molecule has 1 saturated heterocycles. The summed E-state index contributed by atoms with van der Waals surface area (Å²) < 4.78 is 5.35. The SMILES string of the molecule is CCCCc1noc(CN2CCN(C(=O)CCC3CCCC3)CC2)n1. The summed E-state index contributed by atoms with van der Waals surface area (Å²) in [6.45, 7) is 6.28. The molecular weight excluding hydrogens is 316 g/mol. The molecule has 140 valence electrons. The first-order valence-electron chi connectivity index (χ1n) is 10.1. The first-order chi connectivity index (χ1) is 12.2. The normalized spacial score (nSPS) is 19.6. The van der Waals surface area contributed by atoms with Gasteiger partial charge in [-0.05, 0) is 18.8 Å². The maximum absolute atomic E-state index is 12.4. The minimum absolute atomic E-state index is 0.339. The van der Waals surface area contributed by atoms with Crippen LogP contribution in [0.5, 0.6) is 0 Å². The third-order valence-electron chi connectivity index (χ3n) is 5.59. The number of aryl methyl sites for hydroxylation is 1. The fraction of sp³-hybridized carbons (Fsp3) is 0.842. The Balaban J connectivity index is 1.36. The first-order valence-corrected chi connectivity index (χ1v) is 10.1. The van der Waals surface area contributed by atoms with Crippen molar-refractivity contribution in [2.45, 2.75) is 71.3 Å². The number of amides is 1. The lowest BCUT2D eigenvalue weighted by Crippen LogP contribution is -2.48. The molecule has 1 amide bonds. The fourth-order valence-corrected chi connectivity index (χ4v) is 3.92. The van der Waals surface area contributed by atoms with Crippen LogP contribution in [0.2, 0.25) is 0 Å². The molecule has 0 spiro atoms. The van der Waals surface area contributed by atoms with Gasteiger partial charge in [0.25, 0.3) is 0 Å². The summed E-state index contributed by atoms with van der Waals surface area (Å²) in [6.07, 6.45) is 10.3. The van der Waals surface area contributed by atoms with E-state index in [0.29, 0.717) is 18.3 Å². The third kappa shape index (κ3) is 5.53. The molecule has 1 aliphatic carbocycles. The van der Waals surface area contributed by atoms with Crippen LogP contribution in [-0.4, -0.2) is 52.0 Å². The van der Waals surface area contributed by atoms with Gasteiger partial charge in [-0.25, -0.2) is 0 Å². The summed E-state index contributed by atoms with van der Waals surface area (Å²) in [5, 5.41) is 4.05. The van der Waals surface area contributed by atoms with E-state index in [1.807, 2.05) is 4.90 Å². The Bertz CT molecular complexity index is 531. The molecule has 25 heavy (non-hydrogen) atoms. The minimum Gasteiger partial charge on any atom is -0.340 e. The van der Waals surface area contributed by atoms with Crippen molar-refractivity contribution in [1.29, 1.82) is 0 Å². The summed E-state index contributed by atoms with van der Waals surface area (Å²) in [5.41, 5.74) is 0. The molecular formula is C19H32N4O2. The summed E-state index contributed by atoms with van der Waals surface area (Å²) in [4.78, 5) is 21.2. The fourth-order valence-electron chi connectivity index (χ4n) is 3.92. The van der Waals surface area contributed by atoms with Crippen LogP contribution >= 0.6 is 0 Å². The smallest absolute Gasteiger partial charge is 0.240 e. The molecule has 0 unspecified atom stereocenters. The molecule has 2 heterocycles. The lowest BCUT2D eigenvalue weighted by Gasteiger charge is -2.34. The number of piperazine rings is 1. The lowest BCUT2D eigenvalue weighted by atomic mass is 10.0. The third-order valence-corrected chi connectivity index (χ3v) is 5.59. The summed E-state index contributed by atoms with van der Waals surface area (Å²) in [5.74, 6) is 2.65. The van der Waals surface area contributed by atoms with Crippen molar-refractivity contribution in [3.05, 3.63) is 11.7 Å². The number of rotatable bonds is 8. The predicted molar refractivity (Wildman–Crippen MR) is 96.0 cm³/mol. The number of carbonyl (C=O) groups is 1. The van der Waals surface area contributed by atoms with E-state index in [-0.39, 0.29) is 0 Å². The van der Waals surface area contributed by atoms with Gasteiger partial charge >= 0.3 is 0 Å². The van der Waals surface area contributed by atoms with Crippen LogP contribution in [0.4, 0.5) is 0 Å². The van der Waals surface area contributed by atoms with Crippen LogP contribution in [0.15, 0.2) is 4.52 Å². The van der Waals surface area contributed by atoms with E-state index in [9.17, 15) is 4.79 Å². The zero-order chi connectivity index (χ0) is 17.5. The van der Waals surface area contributed by atoms with Gasteiger partial charge in [-0.15, -0.1) is 0 Å². The standard InChI is InChI=1S/C19H32N4O2/c1-2-3-8-17-20-18(25-21-17)15-22-11-13-23(14-12-22)19(24)10-9-16-6-4-5-7-16/h16H,2-15H2,1H3. The van der Waals surface area contributed by atoms with E-state index in [1.165, 1.54) is 25.7 Å². The van der Waals surface area contributed by atoms with E-state index < -0.39 is 0 Å². The van der Waals surface area contributed by atoms with Gasteiger partial charge in [0.15, 0.2) is 5.82 Å². The maximum Gasteiger partial charge on any atom is 0.240 e. The van der Waals surface area contributed by atoms with E-state index in [1.54, 1.807) is 0 Å². The molecule has 0 aromatic carbocycles. The number of hydrogen-bond donors (Lipinski definition) is 0. The summed E-state index contributed by atoms with van der Waals surface area (Å²) in [6, 6.07) is 0. The Kier molecular flexibility index (Phi) is 6.84. The molecule has 1 aromatic heterocycles. The van der Waals surface area contributed by atoms with Crippen molar-refractivity contribution in [3.8, 4) is 0 Å². The second-order valence-electron chi connectivity index (χ2n) is 7.55. The highest BCUT2D eigenvalue weighted by Gasteiger charge is 2.23. The van der Waals surface area contributed by atoms with E-state index in [2.05, 4.69) is 22.0 Å². The van der Waals surface area contributed by atoms with Crippen molar-refractivity contribution in [1.82, 2.24) is 19.9 Å². The first kappa shape index (κ1) is 18.4. The van der Waals surface area contributed by atoms with E-state index >= 15 is 0 Å². The molecule has 6 nitrogen and oxygen atoms in total. The van der Waals surface area contributed by atoms with Crippen LogP contribution in [0.3, 0.4) is 0 Å². The zero-order valence-corrected chi connectivity index (χ0v) is 15.6. The highest BCUT2D eigenvalue weighted by Crippen LogP contribution is 2.28. The Hall–Kier alpha value is -1.43. The monoisotopic (exact) mass is 348 g/mol. The number of nitrogens with zero attached hydrogens (tertiary/aromatic N) is 4. The largest absolute Gasteiger partial charge is 0.340 e. The second kappa shape index (κ2) is 9.32. The van der Waals surface area contributed by atoms with Crippen LogP contribution in [0.25, 0.3) is 0 Å². The van der Waals surface area contributed by atoms with Gasteiger partial charge in [0.1, 0.15) is 0 Å². The second-order valence-corrected chi connectivity index (χ2v) is 7.55. The molecule has 0 bridgehead atoms. The van der Waals surface area contributed by atoms with Crippen molar-refractivity contribution in [2.75, 3.05) is 26.2 Å². The molecule has 2 aliphatic rings. The molecule has 3 rings (SSSR count). The molecule has 1 saturated carbocycles. The molecule has 0 radical (unpaired) electrons. The number of aromatic nitrogens is 2. The quantitative estimate of drug-likeness (QED) is 0.722. The van der Waals surface area contributed by atoms with Gasteiger partial charge in [0.2, 0.25) is 11.8 Å². The average molecular weight is 348 g/mol. The highest BCUT2D eigenvalue weighted by atomic mass is 16.5. The Morgan fingerprint density at radius 2 is 1.96 bits per heavy atom. The van der Waals surface area contributed by atoms with Crippen molar-refractivity contribution < 1.29 is 9.32 Å². The van der Waals surface area contributed by atoms with Gasteiger partial charge in [-0.3, -0.25) is 9.69 Å². The van der Waals surface area contributed by atoms with Crippen molar-refractivity contribution in [2.24, 2.45) is 5.92 Å². The van der Waals surface area contributed by atoms with Gasteiger partial charge in [-0.2, -0.15) is 4.98 Å². The Morgan fingerprint density at radius 1 is 1.20 bits per heavy atom. The van der Waals surface area contributed by atoms with Gasteiger partial charge in [-0.1, -0.05) is 44.2 Å². The molecule has 2 fully saturated rings. The van der Waals surface area contributed by atoms with Gasteiger partial charge in [0.05, 0.1) is 6.54 Å². The number of hydrogen-bond acceptors (Lipinski definition) is 5. The van der Waals surface area contributed by atoms with Gasteiger partial charge in [0, 0.05) is 39.0 Å². The Labute approximate surface area is 150 Å². The molecule has 1 aromatic rings. The topological polar surface area (TPSA) is 62.5 Å². The molecule has 6 heteroatoms. The lowest BCUT2D eigenvalue weighted by molar-refractivity contribution is -0.133. The summed E-state index contributed by atoms with van der Waals surface area (Å²) >= 11 is 0. The summed E-state index contributed by atoms with van der Waals surface area (Å²) in [7, 11) is 0. The number of unbranched alkanes of at least 4 members (excludes halogenated alkanes) is 1. The molecule has 0 N–H and O–H groups in total. The Morgan fingerprint density at radius 3 is 2.68 bits per heavy atom. The molecule has 0 atom stereocenters. The minimum atomic E-state index is 0.339. The molecule has 1 aliphatic heterocycles. The average Bonchev–Trinajstić information content (AvgIpc) is 3.30. The number of carbonyl (C=O) groups excluding carboxylic acids is 1. The predicted octanol–water partition coefficient (Wildman–Crippen LogP) is 3.03. The van der Waals surface area contributed by atoms with Crippen LogP contribution in [0.1, 0.15) is 70.0 Å². The van der Waals surface area contributed by atoms with E-state index in [4.69, 9.17) is 4.52 Å². The zero-order valence-electron chi connectivity index (χ0n) is 15.6. The van der Waals surface area contributed by atoms with Crippen molar-refractivity contribution >= 4 is 5.91 Å². The van der Waals surface area contributed by atoms with Gasteiger partial charge < -0.3 is 9.42 Å².